The van der Waals surface area contributed by atoms with Gasteiger partial charge in [-0.15, -0.1) is 0 Å². The van der Waals surface area contributed by atoms with Crippen molar-refractivity contribution in [3.8, 4) is 0 Å². The second-order valence-electron chi connectivity index (χ2n) is 3.31. The summed E-state index contributed by atoms with van der Waals surface area (Å²) >= 11 is 3.12. The van der Waals surface area contributed by atoms with Crippen molar-refractivity contribution < 1.29 is 19.5 Å². The zero-order valence-corrected chi connectivity index (χ0v) is 10.7. The quantitative estimate of drug-likeness (QED) is 0.655. The highest BCUT2D eigenvalue weighted by molar-refractivity contribution is 9.10. The lowest BCUT2D eigenvalue weighted by molar-refractivity contribution is -0.117. The molecule has 0 radical (unpaired) electrons. The van der Waals surface area contributed by atoms with Crippen LogP contribution in [0.25, 0.3) is 0 Å². The molecule has 0 bridgehead atoms. The van der Waals surface area contributed by atoms with Crippen LogP contribution in [0.5, 0.6) is 0 Å². The summed E-state index contributed by atoms with van der Waals surface area (Å²) in [5, 5.41) is 13.4. The molecule has 3 amide bonds. The van der Waals surface area contributed by atoms with Crippen molar-refractivity contribution in [2.24, 2.45) is 5.73 Å². The van der Waals surface area contributed by atoms with Crippen LogP contribution < -0.4 is 16.4 Å². The Morgan fingerprint density at radius 2 is 1.94 bits per heavy atom. The van der Waals surface area contributed by atoms with E-state index in [1.165, 1.54) is 18.2 Å². The van der Waals surface area contributed by atoms with Gasteiger partial charge in [0, 0.05) is 10.2 Å². The van der Waals surface area contributed by atoms with Crippen molar-refractivity contribution in [2.45, 2.75) is 0 Å². The van der Waals surface area contributed by atoms with E-state index in [2.05, 4.69) is 26.6 Å². The van der Waals surface area contributed by atoms with Gasteiger partial charge in [0.2, 0.25) is 5.91 Å². The average molecular weight is 316 g/mol. The first-order chi connectivity index (χ1) is 8.38. The molecular formula is C10H10BrN3O4. The average Bonchev–Trinajstić information content (AvgIpc) is 2.25. The number of aromatic carboxylic acids is 1. The number of hydrogen-bond donors (Lipinski definition) is 4. The predicted molar refractivity (Wildman–Crippen MR) is 67.3 cm³/mol. The topological polar surface area (TPSA) is 122 Å². The number of nitrogens with one attached hydrogen (secondary N) is 2. The summed E-state index contributed by atoms with van der Waals surface area (Å²) in [5.41, 5.74) is 5.16. The van der Waals surface area contributed by atoms with Gasteiger partial charge >= 0.3 is 12.0 Å². The Balaban J connectivity index is 2.75. The lowest BCUT2D eigenvalue weighted by Crippen LogP contribution is -2.36. The molecule has 5 N–H and O–H groups in total. The van der Waals surface area contributed by atoms with Gasteiger partial charge in [0.15, 0.2) is 0 Å². The Morgan fingerprint density at radius 3 is 2.50 bits per heavy atom. The molecule has 0 saturated heterocycles. The molecule has 7 nitrogen and oxygen atoms in total. The molecular weight excluding hydrogens is 306 g/mol. The van der Waals surface area contributed by atoms with E-state index in [4.69, 9.17) is 10.8 Å². The van der Waals surface area contributed by atoms with Crippen molar-refractivity contribution in [1.82, 2.24) is 5.32 Å². The zero-order valence-electron chi connectivity index (χ0n) is 9.07. The number of carbonyl (C=O) groups excluding carboxylic acids is 2. The molecule has 1 aromatic carbocycles. The largest absolute Gasteiger partial charge is 0.478 e. The minimum atomic E-state index is -1.11. The van der Waals surface area contributed by atoms with Gasteiger partial charge < -0.3 is 21.5 Å². The van der Waals surface area contributed by atoms with E-state index in [-0.39, 0.29) is 17.8 Å². The fraction of sp³-hybridized carbons (Fsp3) is 0.100. The van der Waals surface area contributed by atoms with Crippen LogP contribution in [0, 0.1) is 0 Å². The molecule has 0 aliphatic rings. The zero-order chi connectivity index (χ0) is 13.7. The van der Waals surface area contributed by atoms with Gasteiger partial charge in [0.1, 0.15) is 0 Å². The summed E-state index contributed by atoms with van der Waals surface area (Å²) in [7, 11) is 0. The van der Waals surface area contributed by atoms with E-state index in [1.54, 1.807) is 0 Å². The highest BCUT2D eigenvalue weighted by Gasteiger charge is 2.08. The third-order valence-corrected chi connectivity index (χ3v) is 2.28. The first-order valence-electron chi connectivity index (χ1n) is 4.75. The predicted octanol–water partition coefficient (Wildman–Crippen LogP) is 0.754. The molecule has 0 heterocycles. The number of halogens is 1. The number of hydrogen-bond acceptors (Lipinski definition) is 3. The van der Waals surface area contributed by atoms with Gasteiger partial charge in [0.25, 0.3) is 0 Å². The minimum absolute atomic E-state index is 0.0228. The van der Waals surface area contributed by atoms with Gasteiger partial charge in [-0.2, -0.15) is 0 Å². The molecule has 0 spiro atoms. The third kappa shape index (κ3) is 4.42. The van der Waals surface area contributed by atoms with Crippen molar-refractivity contribution in [3.63, 3.8) is 0 Å². The van der Waals surface area contributed by atoms with E-state index in [0.717, 1.165) is 0 Å². The van der Waals surface area contributed by atoms with Crippen molar-refractivity contribution in [2.75, 3.05) is 11.9 Å². The highest BCUT2D eigenvalue weighted by atomic mass is 79.9. The molecule has 0 atom stereocenters. The highest BCUT2D eigenvalue weighted by Crippen LogP contribution is 2.19. The van der Waals surface area contributed by atoms with Crippen LogP contribution in [0.1, 0.15) is 10.4 Å². The normalized spacial score (nSPS) is 9.61. The van der Waals surface area contributed by atoms with Crippen molar-refractivity contribution >= 4 is 39.5 Å². The number of anilines is 1. The smallest absolute Gasteiger partial charge is 0.335 e. The first-order valence-corrected chi connectivity index (χ1v) is 5.55. The van der Waals surface area contributed by atoms with Gasteiger partial charge in [-0.25, -0.2) is 9.59 Å². The number of carboxylic acids is 1. The monoisotopic (exact) mass is 315 g/mol. The van der Waals surface area contributed by atoms with E-state index >= 15 is 0 Å². The van der Waals surface area contributed by atoms with Crippen LogP contribution in [-0.2, 0) is 4.79 Å². The number of amides is 3. The van der Waals surface area contributed by atoms with Crippen LogP contribution >= 0.6 is 15.9 Å². The molecule has 96 valence electrons. The van der Waals surface area contributed by atoms with Crippen LogP contribution in [0.3, 0.4) is 0 Å². The number of carboxylic acid groups (broad SMARTS) is 1. The molecule has 0 aliphatic carbocycles. The lowest BCUT2D eigenvalue weighted by Gasteiger charge is -2.07. The van der Waals surface area contributed by atoms with E-state index in [1.807, 2.05) is 0 Å². The summed E-state index contributed by atoms with van der Waals surface area (Å²) in [6.07, 6.45) is 0. The summed E-state index contributed by atoms with van der Waals surface area (Å²) in [6.45, 7) is -0.300. The Bertz CT molecular complexity index is 504. The molecule has 0 fully saturated rings. The molecule has 18 heavy (non-hydrogen) atoms. The Kier molecular flexibility index (Phi) is 4.67. The maximum absolute atomic E-state index is 11.3. The Morgan fingerprint density at radius 1 is 1.28 bits per heavy atom. The molecule has 1 aromatic rings. The molecule has 1 rings (SSSR count). The van der Waals surface area contributed by atoms with Gasteiger partial charge in [0.05, 0.1) is 12.1 Å². The van der Waals surface area contributed by atoms with E-state index in [9.17, 15) is 14.4 Å². The second kappa shape index (κ2) is 6.01. The Hall–Kier alpha value is -2.09. The molecule has 0 aliphatic heterocycles. The van der Waals surface area contributed by atoms with E-state index in [0.29, 0.717) is 4.47 Å². The maximum atomic E-state index is 11.3. The SMILES string of the molecule is NC(=O)CNC(=O)Nc1cc(Br)cc(C(=O)O)c1. The fourth-order valence-electron chi connectivity index (χ4n) is 1.13. The van der Waals surface area contributed by atoms with Crippen LogP contribution in [0.4, 0.5) is 10.5 Å². The number of primary amides is 1. The summed E-state index contributed by atoms with van der Waals surface area (Å²) in [5.74, 6) is -1.79. The third-order valence-electron chi connectivity index (χ3n) is 1.83. The van der Waals surface area contributed by atoms with Gasteiger partial charge in [-0.05, 0) is 18.2 Å². The minimum Gasteiger partial charge on any atom is -0.478 e. The fourth-order valence-corrected chi connectivity index (χ4v) is 1.62. The molecule has 0 aromatic heterocycles. The number of benzene rings is 1. The maximum Gasteiger partial charge on any atom is 0.335 e. The van der Waals surface area contributed by atoms with Gasteiger partial charge in [-0.1, -0.05) is 15.9 Å². The van der Waals surface area contributed by atoms with E-state index < -0.39 is 17.9 Å². The molecule has 8 heteroatoms. The first kappa shape index (κ1) is 14.0. The van der Waals surface area contributed by atoms with Crippen LogP contribution in [-0.4, -0.2) is 29.6 Å². The lowest BCUT2D eigenvalue weighted by atomic mass is 10.2. The summed E-state index contributed by atoms with van der Waals surface area (Å²) in [4.78, 5) is 32.6. The Labute approximate surface area is 110 Å². The molecule has 0 saturated carbocycles. The number of carbonyl (C=O) groups is 3. The number of nitrogens with two attached hydrogens (primary N) is 1. The van der Waals surface area contributed by atoms with Crippen molar-refractivity contribution in [3.05, 3.63) is 28.2 Å². The number of urea groups is 1. The molecule has 0 unspecified atom stereocenters. The second-order valence-corrected chi connectivity index (χ2v) is 4.22. The van der Waals surface area contributed by atoms with Crippen molar-refractivity contribution in [1.29, 1.82) is 0 Å². The van der Waals surface area contributed by atoms with Gasteiger partial charge in [-0.3, -0.25) is 4.79 Å². The van der Waals surface area contributed by atoms with Crippen LogP contribution in [0.2, 0.25) is 0 Å². The van der Waals surface area contributed by atoms with Crippen LogP contribution in [0.15, 0.2) is 22.7 Å². The number of rotatable bonds is 4. The standard InChI is InChI=1S/C10H10BrN3O4/c11-6-1-5(9(16)17)2-7(3-6)14-10(18)13-4-8(12)15/h1-3H,4H2,(H2,12,15)(H,16,17)(H2,13,14,18). The summed E-state index contributed by atoms with van der Waals surface area (Å²) in [6, 6.07) is 3.56. The summed E-state index contributed by atoms with van der Waals surface area (Å²) < 4.78 is 0.507.